The van der Waals surface area contributed by atoms with Crippen LogP contribution in [0.25, 0.3) is 6.08 Å². The number of hydrazone groups is 1. The van der Waals surface area contributed by atoms with Crippen molar-refractivity contribution in [3.05, 3.63) is 77.9 Å². The van der Waals surface area contributed by atoms with Crippen molar-refractivity contribution >= 4 is 11.8 Å². The lowest BCUT2D eigenvalue weighted by Gasteiger charge is -2.18. The summed E-state index contributed by atoms with van der Waals surface area (Å²) in [5, 5.41) is 6.68. The van der Waals surface area contributed by atoms with Gasteiger partial charge in [-0.05, 0) is 17.2 Å². The standard InChI is InChI=1S/C18H18N2/c1-20-18(16-10-6-3-7-11-16)14-17(19-20)13-12-15-8-4-2-5-9-15/h2-13,18H,14H2,1H3/b13-12+. The van der Waals surface area contributed by atoms with Gasteiger partial charge in [-0.1, -0.05) is 66.7 Å². The summed E-state index contributed by atoms with van der Waals surface area (Å²) >= 11 is 0. The summed E-state index contributed by atoms with van der Waals surface area (Å²) in [5.41, 5.74) is 3.66. The maximum atomic E-state index is 4.62. The molecule has 1 atom stereocenters. The number of nitrogens with zero attached hydrogens (tertiary/aromatic N) is 2. The van der Waals surface area contributed by atoms with E-state index in [2.05, 4.69) is 76.9 Å². The highest BCUT2D eigenvalue weighted by Gasteiger charge is 2.23. The molecule has 1 aliphatic rings. The third-order valence-corrected chi connectivity index (χ3v) is 3.59. The maximum Gasteiger partial charge on any atom is 0.0772 e. The summed E-state index contributed by atoms with van der Waals surface area (Å²) < 4.78 is 0. The SMILES string of the molecule is CN1N=C(/C=C/c2ccccc2)CC1c1ccccc1. The minimum atomic E-state index is 0.353. The molecule has 3 rings (SSSR count). The van der Waals surface area contributed by atoms with Crippen LogP contribution in [0, 0.1) is 0 Å². The first-order valence-electron chi connectivity index (χ1n) is 6.91. The van der Waals surface area contributed by atoms with Crippen molar-refractivity contribution in [2.75, 3.05) is 7.05 Å². The molecule has 2 nitrogen and oxygen atoms in total. The Balaban J connectivity index is 1.72. The Hall–Kier alpha value is -2.35. The van der Waals surface area contributed by atoms with E-state index in [4.69, 9.17) is 0 Å². The fourth-order valence-electron chi connectivity index (χ4n) is 2.51. The fourth-order valence-corrected chi connectivity index (χ4v) is 2.51. The molecule has 1 heterocycles. The van der Waals surface area contributed by atoms with Crippen molar-refractivity contribution in [3.8, 4) is 0 Å². The Bertz CT molecular complexity index is 614. The molecule has 2 aromatic carbocycles. The molecule has 0 aliphatic carbocycles. The van der Waals surface area contributed by atoms with Gasteiger partial charge in [0.25, 0.3) is 0 Å². The van der Waals surface area contributed by atoms with Crippen LogP contribution < -0.4 is 0 Å². The van der Waals surface area contributed by atoms with Crippen molar-refractivity contribution in [1.82, 2.24) is 5.01 Å². The highest BCUT2D eigenvalue weighted by Crippen LogP contribution is 2.29. The van der Waals surface area contributed by atoms with Gasteiger partial charge in [0.05, 0.1) is 11.8 Å². The zero-order valence-corrected chi connectivity index (χ0v) is 11.6. The number of hydrogen-bond acceptors (Lipinski definition) is 2. The molecule has 0 saturated heterocycles. The molecule has 0 radical (unpaired) electrons. The Labute approximate surface area is 120 Å². The second-order valence-electron chi connectivity index (χ2n) is 5.04. The smallest absolute Gasteiger partial charge is 0.0772 e. The average Bonchev–Trinajstić information content (AvgIpc) is 2.88. The van der Waals surface area contributed by atoms with Crippen LogP contribution in [0.2, 0.25) is 0 Å². The van der Waals surface area contributed by atoms with Crippen molar-refractivity contribution in [2.24, 2.45) is 5.10 Å². The van der Waals surface area contributed by atoms with Crippen LogP contribution in [0.5, 0.6) is 0 Å². The highest BCUT2D eigenvalue weighted by atomic mass is 15.5. The van der Waals surface area contributed by atoms with Gasteiger partial charge in [-0.15, -0.1) is 0 Å². The third-order valence-electron chi connectivity index (χ3n) is 3.59. The summed E-state index contributed by atoms with van der Waals surface area (Å²) in [6.07, 6.45) is 5.21. The topological polar surface area (TPSA) is 15.6 Å². The fraction of sp³-hybridized carbons (Fsp3) is 0.167. The number of rotatable bonds is 3. The van der Waals surface area contributed by atoms with Crippen molar-refractivity contribution in [2.45, 2.75) is 12.5 Å². The zero-order chi connectivity index (χ0) is 13.8. The monoisotopic (exact) mass is 262 g/mol. The molecular weight excluding hydrogens is 244 g/mol. The highest BCUT2D eigenvalue weighted by molar-refractivity contribution is 5.99. The third kappa shape index (κ3) is 2.80. The molecule has 0 aromatic heterocycles. The van der Waals surface area contributed by atoms with E-state index >= 15 is 0 Å². The van der Waals surface area contributed by atoms with Gasteiger partial charge in [0.1, 0.15) is 0 Å². The van der Waals surface area contributed by atoms with E-state index in [1.165, 1.54) is 11.1 Å². The summed E-state index contributed by atoms with van der Waals surface area (Å²) in [6.45, 7) is 0. The average molecular weight is 262 g/mol. The zero-order valence-electron chi connectivity index (χ0n) is 11.6. The van der Waals surface area contributed by atoms with Crippen LogP contribution in [0.3, 0.4) is 0 Å². The van der Waals surface area contributed by atoms with Gasteiger partial charge in [-0.3, -0.25) is 5.01 Å². The Morgan fingerprint density at radius 2 is 1.60 bits per heavy atom. The van der Waals surface area contributed by atoms with Crippen LogP contribution in [0.1, 0.15) is 23.6 Å². The van der Waals surface area contributed by atoms with E-state index in [1.54, 1.807) is 0 Å². The Morgan fingerprint density at radius 3 is 2.30 bits per heavy atom. The lowest BCUT2D eigenvalue weighted by Crippen LogP contribution is -2.13. The molecule has 0 N–H and O–H groups in total. The van der Waals surface area contributed by atoms with E-state index in [9.17, 15) is 0 Å². The maximum absolute atomic E-state index is 4.62. The number of allylic oxidation sites excluding steroid dienone is 1. The van der Waals surface area contributed by atoms with E-state index in [1.807, 2.05) is 13.1 Å². The molecule has 0 saturated carbocycles. The van der Waals surface area contributed by atoms with E-state index in [-0.39, 0.29) is 0 Å². The van der Waals surface area contributed by atoms with Crippen molar-refractivity contribution in [1.29, 1.82) is 0 Å². The van der Waals surface area contributed by atoms with E-state index in [0.29, 0.717) is 6.04 Å². The van der Waals surface area contributed by atoms with Crippen LogP contribution in [-0.2, 0) is 0 Å². The van der Waals surface area contributed by atoms with Crippen LogP contribution in [-0.4, -0.2) is 17.8 Å². The van der Waals surface area contributed by atoms with Gasteiger partial charge in [-0.2, -0.15) is 5.10 Å². The summed E-state index contributed by atoms with van der Waals surface area (Å²) in [7, 11) is 2.04. The largest absolute Gasteiger partial charge is 0.292 e. The number of hydrogen-bond donors (Lipinski definition) is 0. The van der Waals surface area contributed by atoms with E-state index in [0.717, 1.165) is 12.1 Å². The Morgan fingerprint density at radius 1 is 0.950 bits per heavy atom. The second kappa shape index (κ2) is 5.74. The van der Waals surface area contributed by atoms with Gasteiger partial charge in [0.15, 0.2) is 0 Å². The van der Waals surface area contributed by atoms with Crippen LogP contribution >= 0.6 is 0 Å². The molecule has 1 unspecified atom stereocenters. The van der Waals surface area contributed by atoms with Crippen molar-refractivity contribution < 1.29 is 0 Å². The number of benzene rings is 2. The van der Waals surface area contributed by atoms with Gasteiger partial charge >= 0.3 is 0 Å². The van der Waals surface area contributed by atoms with Crippen molar-refractivity contribution in [3.63, 3.8) is 0 Å². The molecule has 2 heteroatoms. The van der Waals surface area contributed by atoms with Gasteiger partial charge in [0, 0.05) is 13.5 Å². The lowest BCUT2D eigenvalue weighted by molar-refractivity contribution is 0.290. The minimum Gasteiger partial charge on any atom is -0.292 e. The quantitative estimate of drug-likeness (QED) is 0.812. The molecule has 1 aliphatic heterocycles. The van der Waals surface area contributed by atoms with Gasteiger partial charge in [-0.25, -0.2) is 0 Å². The van der Waals surface area contributed by atoms with Gasteiger partial charge < -0.3 is 0 Å². The summed E-state index contributed by atoms with van der Waals surface area (Å²) in [4.78, 5) is 0. The molecule has 0 amide bonds. The first-order valence-corrected chi connectivity index (χ1v) is 6.91. The molecule has 0 fully saturated rings. The van der Waals surface area contributed by atoms with E-state index < -0.39 is 0 Å². The first kappa shape index (κ1) is 12.7. The van der Waals surface area contributed by atoms with Crippen LogP contribution in [0.15, 0.2) is 71.8 Å². The molecule has 2 aromatic rings. The predicted octanol–water partition coefficient (Wildman–Crippen LogP) is 4.13. The minimum absolute atomic E-state index is 0.353. The summed E-state index contributed by atoms with van der Waals surface area (Å²) in [6, 6.07) is 21.2. The lowest BCUT2D eigenvalue weighted by atomic mass is 10.0. The molecule has 0 bridgehead atoms. The molecular formula is C18H18N2. The molecule has 20 heavy (non-hydrogen) atoms. The second-order valence-corrected chi connectivity index (χ2v) is 5.04. The molecule has 0 spiro atoms. The summed E-state index contributed by atoms with van der Waals surface area (Å²) in [5.74, 6) is 0. The van der Waals surface area contributed by atoms with Crippen LogP contribution in [0.4, 0.5) is 0 Å². The van der Waals surface area contributed by atoms with Gasteiger partial charge in [0.2, 0.25) is 0 Å². The molecule has 100 valence electrons. The Kier molecular flexibility index (Phi) is 3.64. The first-order chi connectivity index (χ1) is 9.83. The predicted molar refractivity (Wildman–Crippen MR) is 84.5 cm³/mol. The normalized spacial score (nSPS) is 18.6.